The highest BCUT2D eigenvalue weighted by atomic mass is 35.5. The van der Waals surface area contributed by atoms with Gasteiger partial charge in [-0.15, -0.1) is 0 Å². The van der Waals surface area contributed by atoms with Crippen molar-refractivity contribution in [3.05, 3.63) is 70.9 Å². The van der Waals surface area contributed by atoms with Crippen LogP contribution in [0.25, 0.3) is 11.3 Å². The quantitative estimate of drug-likeness (QED) is 0.675. The molecular formula is C20H18ClN3O3. The molecular weight excluding hydrogens is 366 g/mol. The Morgan fingerprint density at radius 1 is 1.11 bits per heavy atom. The summed E-state index contributed by atoms with van der Waals surface area (Å²) in [5.41, 5.74) is 3.12. The van der Waals surface area contributed by atoms with Crippen LogP contribution < -0.4 is 10.6 Å². The van der Waals surface area contributed by atoms with Crippen molar-refractivity contribution in [3.8, 4) is 11.3 Å². The van der Waals surface area contributed by atoms with Crippen LogP contribution in [0, 0.1) is 0 Å². The van der Waals surface area contributed by atoms with Crippen LogP contribution >= 0.6 is 11.6 Å². The van der Waals surface area contributed by atoms with E-state index in [0.29, 0.717) is 23.7 Å². The highest BCUT2D eigenvalue weighted by Gasteiger charge is 2.13. The first-order valence-corrected chi connectivity index (χ1v) is 8.76. The molecule has 0 aliphatic carbocycles. The maximum atomic E-state index is 12.2. The van der Waals surface area contributed by atoms with E-state index in [4.69, 9.17) is 16.1 Å². The Labute approximate surface area is 161 Å². The minimum atomic E-state index is -0.328. The molecule has 7 heteroatoms. The summed E-state index contributed by atoms with van der Waals surface area (Å²) in [7, 11) is 0. The lowest BCUT2D eigenvalue weighted by molar-refractivity contribution is -0.114. The molecule has 3 aromatic rings. The fraction of sp³-hybridized carbons (Fsp3) is 0.150. The molecule has 2 amide bonds. The molecule has 2 N–H and O–H groups in total. The van der Waals surface area contributed by atoms with Gasteiger partial charge in [0.2, 0.25) is 11.7 Å². The number of aromatic nitrogens is 1. The van der Waals surface area contributed by atoms with Crippen LogP contribution in [0.5, 0.6) is 0 Å². The summed E-state index contributed by atoms with van der Waals surface area (Å²) in [6.45, 7) is 1.91. The highest BCUT2D eigenvalue weighted by molar-refractivity contribution is 6.30. The van der Waals surface area contributed by atoms with Gasteiger partial charge in [-0.25, -0.2) is 0 Å². The van der Waals surface area contributed by atoms with E-state index >= 15 is 0 Å². The molecule has 0 unspecified atom stereocenters. The van der Waals surface area contributed by atoms with Gasteiger partial charge >= 0.3 is 0 Å². The molecule has 0 spiro atoms. The van der Waals surface area contributed by atoms with E-state index in [2.05, 4.69) is 15.8 Å². The minimum absolute atomic E-state index is 0.112. The number of benzene rings is 2. The Bertz CT molecular complexity index is 951. The van der Waals surface area contributed by atoms with Crippen LogP contribution in [0.15, 0.2) is 59.1 Å². The molecule has 0 radical (unpaired) electrons. The van der Waals surface area contributed by atoms with Gasteiger partial charge in [0.1, 0.15) is 5.69 Å². The number of anilines is 1. The number of rotatable bonds is 6. The second-order valence-electron chi connectivity index (χ2n) is 5.97. The molecule has 2 aromatic carbocycles. The third kappa shape index (κ3) is 5.18. The maximum Gasteiger partial charge on any atom is 0.289 e. The number of nitrogens with zero attached hydrogens (tertiary/aromatic N) is 1. The van der Waals surface area contributed by atoms with Crippen LogP contribution in [-0.4, -0.2) is 23.5 Å². The number of halogens is 1. The topological polar surface area (TPSA) is 84.2 Å². The van der Waals surface area contributed by atoms with E-state index in [1.54, 1.807) is 18.2 Å². The Morgan fingerprint density at radius 2 is 1.89 bits per heavy atom. The predicted octanol–water partition coefficient (Wildman–Crippen LogP) is 3.93. The monoisotopic (exact) mass is 383 g/mol. The van der Waals surface area contributed by atoms with Crippen LogP contribution in [0.3, 0.4) is 0 Å². The van der Waals surface area contributed by atoms with E-state index in [0.717, 1.165) is 16.8 Å². The van der Waals surface area contributed by atoms with Crippen LogP contribution in [0.4, 0.5) is 5.69 Å². The molecule has 0 aliphatic heterocycles. The van der Waals surface area contributed by atoms with Crippen molar-refractivity contribution in [1.29, 1.82) is 0 Å². The highest BCUT2D eigenvalue weighted by Crippen LogP contribution is 2.22. The maximum absolute atomic E-state index is 12.2. The molecule has 0 aliphatic rings. The van der Waals surface area contributed by atoms with Crippen molar-refractivity contribution in [1.82, 2.24) is 10.5 Å². The number of amides is 2. The Balaban J connectivity index is 1.53. The Morgan fingerprint density at radius 3 is 2.59 bits per heavy atom. The second-order valence-corrected chi connectivity index (χ2v) is 6.41. The molecule has 0 bridgehead atoms. The third-order valence-electron chi connectivity index (χ3n) is 3.83. The van der Waals surface area contributed by atoms with Gasteiger partial charge in [0.05, 0.1) is 0 Å². The normalized spacial score (nSPS) is 10.4. The minimum Gasteiger partial charge on any atom is -0.350 e. The summed E-state index contributed by atoms with van der Waals surface area (Å²) in [5.74, 6) is -0.296. The van der Waals surface area contributed by atoms with Crippen molar-refractivity contribution in [3.63, 3.8) is 0 Å². The van der Waals surface area contributed by atoms with E-state index in [9.17, 15) is 9.59 Å². The summed E-state index contributed by atoms with van der Waals surface area (Å²) < 4.78 is 5.13. The van der Waals surface area contributed by atoms with Crippen LogP contribution in [0.1, 0.15) is 23.0 Å². The smallest absolute Gasteiger partial charge is 0.289 e. The molecule has 0 fully saturated rings. The molecule has 1 aromatic heterocycles. The van der Waals surface area contributed by atoms with Crippen molar-refractivity contribution in [2.75, 3.05) is 11.9 Å². The fourth-order valence-corrected chi connectivity index (χ4v) is 2.72. The zero-order chi connectivity index (χ0) is 19.2. The van der Waals surface area contributed by atoms with Crippen LogP contribution in [-0.2, 0) is 11.2 Å². The number of carbonyl (C=O) groups excluding carboxylic acids is 2. The van der Waals surface area contributed by atoms with Gasteiger partial charge in [-0.05, 0) is 36.2 Å². The molecule has 0 saturated heterocycles. The van der Waals surface area contributed by atoms with Gasteiger partial charge in [0, 0.05) is 35.8 Å². The lowest BCUT2D eigenvalue weighted by Crippen LogP contribution is -2.25. The average molecular weight is 384 g/mol. The molecule has 0 saturated carbocycles. The van der Waals surface area contributed by atoms with Crippen molar-refractivity contribution in [2.24, 2.45) is 0 Å². The van der Waals surface area contributed by atoms with E-state index < -0.39 is 0 Å². The van der Waals surface area contributed by atoms with Crippen LogP contribution in [0.2, 0.25) is 5.02 Å². The second kappa shape index (κ2) is 8.51. The summed E-state index contributed by atoms with van der Waals surface area (Å²) in [4.78, 5) is 23.2. The van der Waals surface area contributed by atoms with E-state index in [1.165, 1.54) is 6.92 Å². The fourth-order valence-electron chi connectivity index (χ4n) is 2.53. The van der Waals surface area contributed by atoms with Crippen molar-refractivity contribution >= 4 is 29.1 Å². The first kappa shape index (κ1) is 18.7. The van der Waals surface area contributed by atoms with Gasteiger partial charge in [-0.3, -0.25) is 9.59 Å². The number of carbonyl (C=O) groups is 2. The van der Waals surface area contributed by atoms with Gasteiger partial charge in [0.25, 0.3) is 5.91 Å². The molecule has 3 rings (SSSR count). The Hall–Kier alpha value is -3.12. The number of hydrogen-bond donors (Lipinski definition) is 2. The standard InChI is InChI=1S/C20H18ClN3O3/c1-13(25)23-17-7-5-14(6-8-17)9-10-22-20(26)19-12-18(24-27-19)15-3-2-4-16(21)11-15/h2-8,11-12H,9-10H2,1H3,(H,22,26)(H,23,25). The first-order chi connectivity index (χ1) is 13.0. The summed E-state index contributed by atoms with van der Waals surface area (Å²) in [5, 5.41) is 10.0. The van der Waals surface area contributed by atoms with Gasteiger partial charge in [-0.2, -0.15) is 0 Å². The zero-order valence-electron chi connectivity index (χ0n) is 14.7. The largest absolute Gasteiger partial charge is 0.350 e. The molecule has 138 valence electrons. The third-order valence-corrected chi connectivity index (χ3v) is 4.06. The first-order valence-electron chi connectivity index (χ1n) is 8.38. The number of hydrogen-bond acceptors (Lipinski definition) is 4. The van der Waals surface area contributed by atoms with Crippen molar-refractivity contribution < 1.29 is 14.1 Å². The molecule has 1 heterocycles. The van der Waals surface area contributed by atoms with Crippen molar-refractivity contribution in [2.45, 2.75) is 13.3 Å². The summed E-state index contributed by atoms with van der Waals surface area (Å²) in [6, 6.07) is 16.2. The lowest BCUT2D eigenvalue weighted by atomic mass is 10.1. The zero-order valence-corrected chi connectivity index (χ0v) is 15.4. The Kier molecular flexibility index (Phi) is 5.88. The van der Waals surface area contributed by atoms with Gasteiger partial charge < -0.3 is 15.2 Å². The van der Waals surface area contributed by atoms with E-state index in [1.807, 2.05) is 36.4 Å². The average Bonchev–Trinajstić information content (AvgIpc) is 3.13. The molecule has 27 heavy (non-hydrogen) atoms. The van der Waals surface area contributed by atoms with Gasteiger partial charge in [-0.1, -0.05) is 41.0 Å². The lowest BCUT2D eigenvalue weighted by Gasteiger charge is -2.05. The molecule has 0 atom stereocenters. The molecule has 6 nitrogen and oxygen atoms in total. The predicted molar refractivity (Wildman–Crippen MR) is 104 cm³/mol. The van der Waals surface area contributed by atoms with E-state index in [-0.39, 0.29) is 17.6 Å². The summed E-state index contributed by atoms with van der Waals surface area (Å²) in [6.07, 6.45) is 0.654. The summed E-state index contributed by atoms with van der Waals surface area (Å²) >= 11 is 5.97. The number of nitrogens with one attached hydrogen (secondary N) is 2. The SMILES string of the molecule is CC(=O)Nc1ccc(CCNC(=O)c2cc(-c3cccc(Cl)c3)no2)cc1. The van der Waals surface area contributed by atoms with Gasteiger partial charge in [0.15, 0.2) is 0 Å².